The van der Waals surface area contributed by atoms with Crippen LogP contribution in [0.5, 0.6) is 0 Å². The number of carbonyl (C=O) groups excluding carboxylic acids is 1. The molecule has 3 nitrogen and oxygen atoms in total. The third-order valence-electron chi connectivity index (χ3n) is 3.10. The Morgan fingerprint density at radius 1 is 0.944 bits per heavy atom. The van der Waals surface area contributed by atoms with E-state index in [0.29, 0.717) is 6.42 Å². The summed E-state index contributed by atoms with van der Waals surface area (Å²) in [6.45, 7) is 2.22. The van der Waals surface area contributed by atoms with Crippen LogP contribution in [-0.4, -0.2) is 17.2 Å². The average molecular weight is 266 g/mol. The van der Waals surface area contributed by atoms with Crippen LogP contribution in [0.3, 0.4) is 0 Å². The van der Waals surface area contributed by atoms with Gasteiger partial charge in [-0.1, -0.05) is 71.1 Å². The van der Waals surface area contributed by atoms with Crippen LogP contribution in [-0.2, 0) is 4.79 Å². The van der Waals surface area contributed by atoms with Gasteiger partial charge in [-0.2, -0.15) is 0 Å². The van der Waals surface area contributed by atoms with Crippen molar-refractivity contribution in [2.75, 3.05) is 0 Å². The van der Waals surface area contributed by atoms with Crippen LogP contribution in [0.15, 0.2) is 0 Å². The van der Waals surface area contributed by atoms with Gasteiger partial charge in [0.05, 0.1) is 12.1 Å². The molecule has 0 aliphatic heterocycles. The van der Waals surface area contributed by atoms with Crippen LogP contribution < -0.4 is 34.7 Å². The van der Waals surface area contributed by atoms with Gasteiger partial charge in [0.25, 0.3) is 0 Å². The molecule has 0 spiro atoms. The molecule has 0 fully saturated rings. The van der Waals surface area contributed by atoms with Gasteiger partial charge < -0.3 is 15.0 Å². The number of hydrogen-bond donors (Lipinski definition) is 1. The minimum atomic E-state index is -1.35. The Morgan fingerprint density at radius 2 is 1.33 bits per heavy atom. The predicted octanol–water partition coefficient (Wildman–Crippen LogP) is -0.588. The molecule has 0 aromatic rings. The van der Waals surface area contributed by atoms with Gasteiger partial charge in [0.1, 0.15) is 0 Å². The van der Waals surface area contributed by atoms with Crippen molar-refractivity contribution in [1.82, 2.24) is 0 Å². The number of rotatable bonds is 12. The molecule has 0 amide bonds. The van der Waals surface area contributed by atoms with E-state index in [1.165, 1.54) is 44.9 Å². The Morgan fingerprint density at radius 3 is 1.72 bits per heavy atom. The van der Waals surface area contributed by atoms with Gasteiger partial charge in [-0.25, -0.2) is 0 Å². The van der Waals surface area contributed by atoms with Gasteiger partial charge >= 0.3 is 29.6 Å². The first-order valence-corrected chi connectivity index (χ1v) is 7.07. The summed E-state index contributed by atoms with van der Waals surface area (Å²) in [4.78, 5) is 10.2. The molecule has 0 radical (unpaired) electrons. The number of carboxylic acid groups (broad SMARTS) is 1. The number of hydrogen-bond acceptors (Lipinski definition) is 3. The average Bonchev–Trinajstić information content (AvgIpc) is 2.31. The Labute approximate surface area is 134 Å². The molecule has 0 saturated carbocycles. The molecular formula is C14H27NaO3. The van der Waals surface area contributed by atoms with Crippen molar-refractivity contribution >= 4 is 5.97 Å². The Bertz CT molecular complexity index is 186. The summed E-state index contributed by atoms with van der Waals surface area (Å²) in [7, 11) is 0. The summed E-state index contributed by atoms with van der Waals surface area (Å²) in [6.07, 6.45) is 11.2. The van der Waals surface area contributed by atoms with Gasteiger partial charge in [-0.15, -0.1) is 0 Å². The van der Waals surface area contributed by atoms with Crippen molar-refractivity contribution in [3.63, 3.8) is 0 Å². The summed E-state index contributed by atoms with van der Waals surface area (Å²) >= 11 is 0. The van der Waals surface area contributed by atoms with Gasteiger partial charge in [0.2, 0.25) is 0 Å². The molecule has 0 heterocycles. The molecule has 0 aliphatic carbocycles. The van der Waals surface area contributed by atoms with Gasteiger partial charge in [0, 0.05) is 0 Å². The number of aliphatic hydroxyl groups is 1. The monoisotopic (exact) mass is 266 g/mol. The van der Waals surface area contributed by atoms with E-state index < -0.39 is 12.1 Å². The molecule has 0 bridgehead atoms. The van der Waals surface area contributed by atoms with E-state index in [-0.39, 0.29) is 29.6 Å². The largest absolute Gasteiger partial charge is 1.00 e. The van der Waals surface area contributed by atoms with Crippen LogP contribution >= 0.6 is 0 Å². The zero-order valence-electron chi connectivity index (χ0n) is 12.1. The Kier molecular flexibility index (Phi) is 17.8. The van der Waals surface area contributed by atoms with E-state index >= 15 is 0 Å². The van der Waals surface area contributed by atoms with E-state index in [1.54, 1.807) is 0 Å². The molecule has 18 heavy (non-hydrogen) atoms. The molecule has 0 rings (SSSR count). The SMILES string of the molecule is CCCCCCCCCCCCC(O)C(=O)[O-].[Na+]. The van der Waals surface area contributed by atoms with E-state index in [4.69, 9.17) is 5.11 Å². The minimum absolute atomic E-state index is 0. The summed E-state index contributed by atoms with van der Waals surface area (Å²) in [5.41, 5.74) is 0. The second-order valence-corrected chi connectivity index (χ2v) is 4.81. The van der Waals surface area contributed by atoms with Crippen molar-refractivity contribution in [3.8, 4) is 0 Å². The molecule has 1 N–H and O–H groups in total. The molecule has 4 heteroatoms. The van der Waals surface area contributed by atoms with Crippen molar-refractivity contribution in [3.05, 3.63) is 0 Å². The zero-order chi connectivity index (χ0) is 12.9. The Hall–Kier alpha value is 0.430. The second kappa shape index (κ2) is 15.5. The zero-order valence-corrected chi connectivity index (χ0v) is 14.1. The van der Waals surface area contributed by atoms with E-state index in [9.17, 15) is 9.90 Å². The van der Waals surface area contributed by atoms with Crippen LogP contribution in [0.25, 0.3) is 0 Å². The topological polar surface area (TPSA) is 60.4 Å². The fourth-order valence-corrected chi connectivity index (χ4v) is 1.94. The van der Waals surface area contributed by atoms with E-state index in [0.717, 1.165) is 19.3 Å². The standard InChI is InChI=1S/C14H28O3.Na/c1-2-3-4-5-6-7-8-9-10-11-12-13(15)14(16)17;/h13,15H,2-12H2,1H3,(H,16,17);/q;+1/p-1. The van der Waals surface area contributed by atoms with Crippen molar-refractivity contribution in [1.29, 1.82) is 0 Å². The maximum atomic E-state index is 10.2. The molecule has 102 valence electrons. The first-order valence-electron chi connectivity index (χ1n) is 7.07. The molecule has 1 atom stereocenters. The summed E-state index contributed by atoms with van der Waals surface area (Å²) < 4.78 is 0. The number of aliphatic carboxylic acids is 1. The predicted molar refractivity (Wildman–Crippen MR) is 67.5 cm³/mol. The molecule has 0 aromatic heterocycles. The maximum absolute atomic E-state index is 10.2. The Balaban J connectivity index is 0. The summed E-state index contributed by atoms with van der Waals surface area (Å²) in [6, 6.07) is 0. The number of aliphatic hydroxyl groups excluding tert-OH is 1. The number of carboxylic acids is 1. The fraction of sp³-hybridized carbons (Fsp3) is 0.929. The summed E-state index contributed by atoms with van der Waals surface area (Å²) in [5, 5.41) is 19.2. The first kappa shape index (κ1) is 20.7. The smallest absolute Gasteiger partial charge is 0.547 e. The fourth-order valence-electron chi connectivity index (χ4n) is 1.94. The molecule has 0 aromatic carbocycles. The normalized spacial score (nSPS) is 11.9. The first-order chi connectivity index (χ1) is 8.18. The van der Waals surface area contributed by atoms with Gasteiger partial charge in [-0.05, 0) is 6.42 Å². The quantitative estimate of drug-likeness (QED) is 0.379. The van der Waals surface area contributed by atoms with E-state index in [1.807, 2.05) is 0 Å². The third-order valence-corrected chi connectivity index (χ3v) is 3.10. The van der Waals surface area contributed by atoms with Crippen molar-refractivity contribution in [2.45, 2.75) is 83.7 Å². The molecule has 0 aliphatic rings. The number of unbranched alkanes of at least 4 members (excludes halogenated alkanes) is 9. The van der Waals surface area contributed by atoms with Gasteiger partial charge in [0.15, 0.2) is 0 Å². The van der Waals surface area contributed by atoms with Crippen LogP contribution in [0.4, 0.5) is 0 Å². The molecule has 0 saturated heterocycles. The summed E-state index contributed by atoms with van der Waals surface area (Å²) in [5.74, 6) is -1.35. The van der Waals surface area contributed by atoms with Crippen LogP contribution in [0.1, 0.15) is 77.6 Å². The van der Waals surface area contributed by atoms with Crippen molar-refractivity contribution in [2.24, 2.45) is 0 Å². The van der Waals surface area contributed by atoms with Crippen LogP contribution in [0.2, 0.25) is 0 Å². The second-order valence-electron chi connectivity index (χ2n) is 4.81. The van der Waals surface area contributed by atoms with Gasteiger partial charge in [-0.3, -0.25) is 0 Å². The van der Waals surface area contributed by atoms with E-state index in [2.05, 4.69) is 6.92 Å². The molecule has 1 unspecified atom stereocenters. The number of carbonyl (C=O) groups is 1. The molecular weight excluding hydrogens is 239 g/mol. The third kappa shape index (κ3) is 14.5. The van der Waals surface area contributed by atoms with Crippen molar-refractivity contribution < 1.29 is 44.6 Å². The van der Waals surface area contributed by atoms with Crippen LogP contribution in [0, 0.1) is 0 Å². The minimum Gasteiger partial charge on any atom is -0.547 e. The maximum Gasteiger partial charge on any atom is 1.00 e.